The predicted octanol–water partition coefficient (Wildman–Crippen LogP) is 2.12. The first-order chi connectivity index (χ1) is 9.81. The Morgan fingerprint density at radius 1 is 1.19 bits per heavy atom. The zero-order valence-corrected chi connectivity index (χ0v) is 11.3. The number of nitro groups is 1. The lowest BCUT2D eigenvalue weighted by atomic mass is 10.3. The van der Waals surface area contributed by atoms with E-state index in [1.54, 1.807) is 0 Å². The van der Waals surface area contributed by atoms with E-state index in [0.717, 1.165) is 24.3 Å². The van der Waals surface area contributed by atoms with Gasteiger partial charge in [-0.3, -0.25) is 14.8 Å². The Balaban J connectivity index is 2.43. The third-order valence-electron chi connectivity index (χ3n) is 2.63. The highest BCUT2D eigenvalue weighted by Gasteiger charge is 2.21. The van der Waals surface area contributed by atoms with Crippen molar-refractivity contribution in [2.75, 3.05) is 10.5 Å². The standard InChI is InChI=1S/C12H10FN3O4S/c13-9-3-1-2-4-11(9)15-21(19,20)8-5-6-10(14)12(7-8)16(17)18/h1-7,15H,14H2. The third-order valence-corrected chi connectivity index (χ3v) is 3.99. The topological polar surface area (TPSA) is 115 Å². The molecule has 2 rings (SSSR count). The van der Waals surface area contributed by atoms with Crippen molar-refractivity contribution >= 4 is 27.1 Å². The highest BCUT2D eigenvalue weighted by Crippen LogP contribution is 2.26. The lowest BCUT2D eigenvalue weighted by Gasteiger charge is -2.09. The van der Waals surface area contributed by atoms with E-state index in [1.165, 1.54) is 18.2 Å². The number of para-hydroxylation sites is 1. The lowest BCUT2D eigenvalue weighted by Crippen LogP contribution is -2.14. The molecule has 2 aromatic rings. The second kappa shape index (κ2) is 5.37. The zero-order valence-electron chi connectivity index (χ0n) is 10.5. The van der Waals surface area contributed by atoms with Gasteiger partial charge >= 0.3 is 0 Å². The van der Waals surface area contributed by atoms with Crippen LogP contribution in [0, 0.1) is 15.9 Å². The van der Waals surface area contributed by atoms with Gasteiger partial charge in [0.05, 0.1) is 15.5 Å². The van der Waals surface area contributed by atoms with Crippen molar-refractivity contribution in [1.82, 2.24) is 0 Å². The van der Waals surface area contributed by atoms with Crippen LogP contribution in [0.1, 0.15) is 0 Å². The van der Waals surface area contributed by atoms with Crippen molar-refractivity contribution in [3.05, 3.63) is 58.4 Å². The van der Waals surface area contributed by atoms with Crippen molar-refractivity contribution in [3.8, 4) is 0 Å². The summed E-state index contributed by atoms with van der Waals surface area (Å²) in [5.74, 6) is -0.758. The summed E-state index contributed by atoms with van der Waals surface area (Å²) in [4.78, 5) is 9.59. The van der Waals surface area contributed by atoms with Crippen molar-refractivity contribution in [3.63, 3.8) is 0 Å². The molecule has 0 spiro atoms. The molecule has 0 saturated heterocycles. The number of anilines is 2. The minimum atomic E-state index is -4.16. The Bertz CT molecular complexity index is 808. The number of rotatable bonds is 4. The Morgan fingerprint density at radius 3 is 2.48 bits per heavy atom. The summed E-state index contributed by atoms with van der Waals surface area (Å²) in [5, 5.41) is 10.8. The van der Waals surface area contributed by atoms with Crippen LogP contribution in [-0.4, -0.2) is 13.3 Å². The van der Waals surface area contributed by atoms with E-state index in [4.69, 9.17) is 5.73 Å². The molecular weight excluding hydrogens is 301 g/mol. The van der Waals surface area contributed by atoms with Crippen molar-refractivity contribution in [2.45, 2.75) is 4.90 Å². The molecule has 2 aromatic carbocycles. The zero-order chi connectivity index (χ0) is 15.6. The number of halogens is 1. The second-order valence-electron chi connectivity index (χ2n) is 4.06. The van der Waals surface area contributed by atoms with Crippen molar-refractivity contribution in [1.29, 1.82) is 0 Å². The molecule has 0 aromatic heterocycles. The number of nitrogen functional groups attached to an aromatic ring is 1. The molecule has 0 amide bonds. The number of nitrogens with zero attached hydrogens (tertiary/aromatic N) is 1. The molecule has 3 N–H and O–H groups in total. The monoisotopic (exact) mass is 311 g/mol. The lowest BCUT2D eigenvalue weighted by molar-refractivity contribution is -0.384. The van der Waals surface area contributed by atoms with Gasteiger partial charge in [0.15, 0.2) is 0 Å². The van der Waals surface area contributed by atoms with Crippen LogP contribution in [0.15, 0.2) is 47.4 Å². The largest absolute Gasteiger partial charge is 0.393 e. The average molecular weight is 311 g/mol. The van der Waals surface area contributed by atoms with Gasteiger partial charge in [-0.25, -0.2) is 12.8 Å². The molecule has 0 heterocycles. The van der Waals surface area contributed by atoms with E-state index >= 15 is 0 Å². The van der Waals surface area contributed by atoms with Gasteiger partial charge in [-0.1, -0.05) is 12.1 Å². The molecule has 0 aliphatic rings. The van der Waals surface area contributed by atoms with E-state index in [0.29, 0.717) is 0 Å². The first kappa shape index (κ1) is 14.7. The smallest absolute Gasteiger partial charge is 0.293 e. The summed E-state index contributed by atoms with van der Waals surface area (Å²) in [5.41, 5.74) is 4.44. The predicted molar refractivity (Wildman–Crippen MR) is 74.7 cm³/mol. The van der Waals surface area contributed by atoms with E-state index in [1.807, 2.05) is 4.72 Å². The van der Waals surface area contributed by atoms with E-state index in [-0.39, 0.29) is 16.3 Å². The summed E-state index contributed by atoms with van der Waals surface area (Å²) in [7, 11) is -4.16. The number of nitro benzene ring substituents is 1. The number of hydrogen-bond donors (Lipinski definition) is 2. The summed E-state index contributed by atoms with van der Waals surface area (Å²) in [6.45, 7) is 0. The Morgan fingerprint density at radius 2 is 1.86 bits per heavy atom. The van der Waals surface area contributed by atoms with Crippen LogP contribution in [0.4, 0.5) is 21.5 Å². The van der Waals surface area contributed by atoms with Gasteiger partial charge in [-0.2, -0.15) is 0 Å². The molecule has 0 saturated carbocycles. The van der Waals surface area contributed by atoms with Gasteiger partial charge in [0.25, 0.3) is 15.7 Å². The van der Waals surface area contributed by atoms with Crippen LogP contribution in [0.2, 0.25) is 0 Å². The van der Waals surface area contributed by atoms with Crippen molar-refractivity contribution in [2.24, 2.45) is 0 Å². The summed E-state index contributed by atoms with van der Waals surface area (Å²) < 4.78 is 39.7. The van der Waals surface area contributed by atoms with E-state index < -0.39 is 26.5 Å². The third kappa shape index (κ3) is 3.08. The van der Waals surface area contributed by atoms with Gasteiger partial charge in [0.2, 0.25) is 0 Å². The maximum atomic E-state index is 13.5. The fourth-order valence-electron chi connectivity index (χ4n) is 1.60. The van der Waals surface area contributed by atoms with E-state index in [9.17, 15) is 22.9 Å². The number of sulfonamides is 1. The SMILES string of the molecule is Nc1ccc(S(=O)(=O)Nc2ccccc2F)cc1[N+](=O)[O-]. The maximum absolute atomic E-state index is 13.5. The van der Waals surface area contributed by atoms with Crippen LogP contribution in [-0.2, 0) is 10.0 Å². The number of hydrogen-bond acceptors (Lipinski definition) is 5. The Labute approximate surface area is 119 Å². The molecule has 0 aliphatic carbocycles. The first-order valence-corrected chi connectivity index (χ1v) is 7.11. The normalized spacial score (nSPS) is 11.1. The second-order valence-corrected chi connectivity index (χ2v) is 5.75. The summed E-state index contributed by atoms with van der Waals surface area (Å²) in [6.07, 6.45) is 0. The Kier molecular flexibility index (Phi) is 3.76. The van der Waals surface area contributed by atoms with Gasteiger partial charge in [0, 0.05) is 6.07 Å². The fraction of sp³-hybridized carbons (Fsp3) is 0. The molecule has 0 atom stereocenters. The van der Waals surface area contributed by atoms with E-state index in [2.05, 4.69) is 0 Å². The summed E-state index contributed by atoms with van der Waals surface area (Å²) in [6, 6.07) is 8.20. The van der Waals surface area contributed by atoms with Gasteiger partial charge in [-0.05, 0) is 24.3 Å². The molecule has 0 bridgehead atoms. The van der Waals surface area contributed by atoms with Crippen LogP contribution in [0.5, 0.6) is 0 Å². The fourth-order valence-corrected chi connectivity index (χ4v) is 2.68. The average Bonchev–Trinajstić information content (AvgIpc) is 2.41. The van der Waals surface area contributed by atoms with Gasteiger partial charge in [0.1, 0.15) is 11.5 Å². The first-order valence-electron chi connectivity index (χ1n) is 5.62. The quantitative estimate of drug-likeness (QED) is 0.510. The number of nitrogens with two attached hydrogens (primary N) is 1. The molecule has 0 unspecified atom stereocenters. The minimum absolute atomic E-state index is 0.162. The molecule has 0 radical (unpaired) electrons. The maximum Gasteiger partial charge on any atom is 0.293 e. The van der Waals surface area contributed by atoms with Gasteiger partial charge in [-0.15, -0.1) is 0 Å². The molecule has 0 fully saturated rings. The molecular formula is C12H10FN3O4S. The van der Waals surface area contributed by atoms with Crippen LogP contribution in [0.25, 0.3) is 0 Å². The molecule has 9 heteroatoms. The van der Waals surface area contributed by atoms with Crippen LogP contribution in [0.3, 0.4) is 0 Å². The molecule has 0 aliphatic heterocycles. The van der Waals surface area contributed by atoms with Gasteiger partial charge < -0.3 is 5.73 Å². The molecule has 110 valence electrons. The number of benzene rings is 2. The highest BCUT2D eigenvalue weighted by molar-refractivity contribution is 7.92. The minimum Gasteiger partial charge on any atom is -0.393 e. The number of nitrogens with one attached hydrogen (secondary N) is 1. The van der Waals surface area contributed by atoms with Crippen LogP contribution >= 0.6 is 0 Å². The Hall–Kier alpha value is -2.68. The van der Waals surface area contributed by atoms with Crippen LogP contribution < -0.4 is 10.5 Å². The van der Waals surface area contributed by atoms with Crippen molar-refractivity contribution < 1.29 is 17.7 Å². The molecule has 7 nitrogen and oxygen atoms in total. The highest BCUT2D eigenvalue weighted by atomic mass is 32.2. The molecule has 21 heavy (non-hydrogen) atoms. The summed E-state index contributed by atoms with van der Waals surface area (Å²) >= 11 is 0.